The van der Waals surface area contributed by atoms with E-state index in [0.717, 1.165) is 24.6 Å². The molecular formula is C23H22NO2+. The van der Waals surface area contributed by atoms with Gasteiger partial charge in [0, 0.05) is 0 Å². The molecule has 0 amide bonds. The summed E-state index contributed by atoms with van der Waals surface area (Å²) in [4.78, 5) is 0. The van der Waals surface area contributed by atoms with Crippen LogP contribution in [0.1, 0.15) is 16.9 Å². The molecule has 130 valence electrons. The van der Waals surface area contributed by atoms with Crippen LogP contribution in [0.4, 0.5) is 0 Å². The topological polar surface area (TPSA) is 39.0 Å². The van der Waals surface area contributed by atoms with E-state index >= 15 is 0 Å². The minimum absolute atomic E-state index is 0.574. The van der Waals surface area contributed by atoms with Crippen LogP contribution in [0.25, 0.3) is 10.8 Å². The van der Waals surface area contributed by atoms with E-state index in [9.17, 15) is 0 Å². The van der Waals surface area contributed by atoms with Crippen LogP contribution in [0, 0.1) is 0 Å². The van der Waals surface area contributed by atoms with Crippen LogP contribution in [-0.2, 0) is 19.7 Å². The van der Waals surface area contributed by atoms with E-state index in [1.54, 1.807) is 6.26 Å². The molecule has 4 aromatic rings. The number of benzene rings is 3. The van der Waals surface area contributed by atoms with Gasteiger partial charge in [0.05, 0.1) is 11.8 Å². The van der Waals surface area contributed by atoms with Gasteiger partial charge >= 0.3 is 0 Å². The second-order valence-electron chi connectivity index (χ2n) is 6.31. The van der Waals surface area contributed by atoms with Gasteiger partial charge in [-0.3, -0.25) is 0 Å². The van der Waals surface area contributed by atoms with Gasteiger partial charge in [0.25, 0.3) is 0 Å². The van der Waals surface area contributed by atoms with E-state index in [0.29, 0.717) is 6.61 Å². The van der Waals surface area contributed by atoms with Crippen LogP contribution in [0.3, 0.4) is 0 Å². The number of hydrogen-bond acceptors (Lipinski definition) is 2. The van der Waals surface area contributed by atoms with Crippen molar-refractivity contribution in [1.82, 2.24) is 0 Å². The standard InChI is InChI=1S/C23H21NO2/c1-2-7-18(8-3-1)17-26-23-13-12-19-9-4-5-11-21(19)22(23)16-24-15-20-10-6-14-25-20/h1-14,24H,15-17H2/p+1. The van der Waals surface area contributed by atoms with Crippen molar-refractivity contribution in [3.8, 4) is 5.75 Å². The van der Waals surface area contributed by atoms with Gasteiger partial charge in [-0.05, 0) is 34.5 Å². The summed E-state index contributed by atoms with van der Waals surface area (Å²) in [5.41, 5.74) is 2.40. The number of quaternary nitrogens is 1. The van der Waals surface area contributed by atoms with Crippen molar-refractivity contribution in [1.29, 1.82) is 0 Å². The Balaban J connectivity index is 1.56. The molecule has 0 atom stereocenters. The Morgan fingerprint density at radius 2 is 1.62 bits per heavy atom. The third kappa shape index (κ3) is 3.79. The molecule has 3 heteroatoms. The van der Waals surface area contributed by atoms with E-state index < -0.39 is 0 Å². The SMILES string of the molecule is c1ccc(COc2ccc3ccccc3c2C[NH2+]Cc2ccco2)cc1. The van der Waals surface area contributed by atoms with E-state index in [1.807, 2.05) is 30.3 Å². The summed E-state index contributed by atoms with van der Waals surface area (Å²) < 4.78 is 11.6. The first-order valence-electron chi connectivity index (χ1n) is 8.91. The fourth-order valence-corrected chi connectivity index (χ4v) is 3.18. The van der Waals surface area contributed by atoms with Gasteiger partial charge < -0.3 is 14.5 Å². The van der Waals surface area contributed by atoms with Gasteiger partial charge in [0.1, 0.15) is 25.4 Å². The maximum Gasteiger partial charge on any atom is 0.157 e. The number of fused-ring (bicyclic) bond motifs is 1. The number of ether oxygens (including phenoxy) is 1. The summed E-state index contributed by atoms with van der Waals surface area (Å²) in [6.45, 7) is 2.23. The maximum atomic E-state index is 6.18. The lowest BCUT2D eigenvalue weighted by Gasteiger charge is -2.13. The molecule has 0 aliphatic heterocycles. The average Bonchev–Trinajstić information content (AvgIpc) is 3.21. The highest BCUT2D eigenvalue weighted by Crippen LogP contribution is 2.28. The molecule has 2 N–H and O–H groups in total. The van der Waals surface area contributed by atoms with Gasteiger partial charge in [-0.15, -0.1) is 0 Å². The second-order valence-corrected chi connectivity index (χ2v) is 6.31. The Kier molecular flexibility index (Phi) is 4.99. The highest BCUT2D eigenvalue weighted by Gasteiger charge is 2.11. The Morgan fingerprint density at radius 3 is 2.46 bits per heavy atom. The summed E-state index contributed by atoms with van der Waals surface area (Å²) in [6, 6.07) is 26.9. The monoisotopic (exact) mass is 344 g/mol. The van der Waals surface area contributed by atoms with Crippen molar-refractivity contribution in [3.63, 3.8) is 0 Å². The lowest BCUT2D eigenvalue weighted by atomic mass is 10.0. The molecule has 1 aromatic heterocycles. The Bertz CT molecular complexity index is 962. The first-order chi connectivity index (χ1) is 12.9. The molecule has 1 heterocycles. The Morgan fingerprint density at radius 1 is 0.769 bits per heavy atom. The van der Waals surface area contributed by atoms with Gasteiger partial charge in [-0.25, -0.2) is 0 Å². The van der Waals surface area contributed by atoms with Crippen LogP contribution in [-0.4, -0.2) is 0 Å². The predicted octanol–water partition coefficient (Wildman–Crippen LogP) is 4.28. The molecule has 0 spiro atoms. The van der Waals surface area contributed by atoms with Crippen molar-refractivity contribution >= 4 is 10.8 Å². The number of hydrogen-bond donors (Lipinski definition) is 1. The first-order valence-corrected chi connectivity index (χ1v) is 8.91. The predicted molar refractivity (Wildman–Crippen MR) is 103 cm³/mol. The van der Waals surface area contributed by atoms with Crippen molar-refractivity contribution in [3.05, 3.63) is 102 Å². The molecule has 0 aliphatic carbocycles. The van der Waals surface area contributed by atoms with Crippen molar-refractivity contribution < 1.29 is 14.5 Å². The maximum absolute atomic E-state index is 6.18. The molecule has 0 saturated heterocycles. The van der Waals surface area contributed by atoms with Crippen LogP contribution >= 0.6 is 0 Å². The van der Waals surface area contributed by atoms with E-state index in [2.05, 4.69) is 53.8 Å². The summed E-state index contributed by atoms with van der Waals surface area (Å²) in [7, 11) is 0. The lowest BCUT2D eigenvalue weighted by Crippen LogP contribution is -2.80. The molecule has 26 heavy (non-hydrogen) atoms. The molecule has 4 rings (SSSR count). The van der Waals surface area contributed by atoms with Crippen LogP contribution in [0.5, 0.6) is 5.75 Å². The molecule has 3 nitrogen and oxygen atoms in total. The highest BCUT2D eigenvalue weighted by atomic mass is 16.5. The Hall–Kier alpha value is -3.04. The zero-order chi connectivity index (χ0) is 17.6. The number of nitrogens with two attached hydrogens (primary N) is 1. The van der Waals surface area contributed by atoms with Gasteiger partial charge in [0.15, 0.2) is 5.76 Å². The van der Waals surface area contributed by atoms with Gasteiger partial charge in [-0.2, -0.15) is 0 Å². The zero-order valence-electron chi connectivity index (χ0n) is 14.6. The van der Waals surface area contributed by atoms with Crippen molar-refractivity contribution in [2.45, 2.75) is 19.7 Å². The molecule has 0 radical (unpaired) electrons. The van der Waals surface area contributed by atoms with E-state index in [4.69, 9.17) is 9.15 Å². The molecule has 0 bridgehead atoms. The molecule has 0 saturated carbocycles. The highest BCUT2D eigenvalue weighted by molar-refractivity contribution is 5.87. The van der Waals surface area contributed by atoms with Crippen LogP contribution in [0.2, 0.25) is 0 Å². The molecule has 0 unspecified atom stereocenters. The molecular weight excluding hydrogens is 322 g/mol. The summed E-state index contributed by atoms with van der Waals surface area (Å²) in [5.74, 6) is 1.93. The fourth-order valence-electron chi connectivity index (χ4n) is 3.18. The first kappa shape index (κ1) is 16.4. The number of furan rings is 1. The van der Waals surface area contributed by atoms with Crippen molar-refractivity contribution in [2.24, 2.45) is 0 Å². The molecule has 3 aromatic carbocycles. The third-order valence-corrected chi connectivity index (χ3v) is 4.51. The summed E-state index contributed by atoms with van der Waals surface area (Å²) >= 11 is 0. The summed E-state index contributed by atoms with van der Waals surface area (Å²) in [6.07, 6.45) is 1.72. The second kappa shape index (κ2) is 7.89. The average molecular weight is 344 g/mol. The number of rotatable bonds is 7. The minimum Gasteiger partial charge on any atom is -0.488 e. The largest absolute Gasteiger partial charge is 0.488 e. The van der Waals surface area contributed by atoms with Gasteiger partial charge in [-0.1, -0.05) is 60.7 Å². The normalized spacial score (nSPS) is 10.9. The van der Waals surface area contributed by atoms with E-state index in [1.165, 1.54) is 21.9 Å². The minimum atomic E-state index is 0.574. The third-order valence-electron chi connectivity index (χ3n) is 4.51. The Labute approximate surface area is 153 Å². The lowest BCUT2D eigenvalue weighted by molar-refractivity contribution is -0.687. The van der Waals surface area contributed by atoms with Gasteiger partial charge in [0.2, 0.25) is 0 Å². The fraction of sp³-hybridized carbons (Fsp3) is 0.130. The summed E-state index contributed by atoms with van der Waals surface area (Å²) in [5, 5.41) is 4.73. The van der Waals surface area contributed by atoms with Crippen molar-refractivity contribution in [2.75, 3.05) is 0 Å². The van der Waals surface area contributed by atoms with Crippen LogP contribution in [0.15, 0.2) is 89.5 Å². The molecule has 0 aliphatic rings. The smallest absolute Gasteiger partial charge is 0.157 e. The van der Waals surface area contributed by atoms with E-state index in [-0.39, 0.29) is 0 Å². The molecule has 0 fully saturated rings. The quantitative estimate of drug-likeness (QED) is 0.544. The zero-order valence-corrected chi connectivity index (χ0v) is 14.6. The van der Waals surface area contributed by atoms with Crippen LogP contribution < -0.4 is 10.1 Å².